The fourth-order valence-electron chi connectivity index (χ4n) is 3.01. The maximum absolute atomic E-state index is 12.3. The van der Waals surface area contributed by atoms with Gasteiger partial charge < -0.3 is 24.7 Å². The van der Waals surface area contributed by atoms with Gasteiger partial charge in [-0.25, -0.2) is 4.79 Å². The number of rotatable bonds is 6. The lowest BCUT2D eigenvalue weighted by atomic mass is 10.2. The number of carbonyl (C=O) groups excluding carboxylic acids is 2. The van der Waals surface area contributed by atoms with Crippen molar-refractivity contribution in [3.05, 3.63) is 42.4 Å². The highest BCUT2D eigenvalue weighted by molar-refractivity contribution is 5.99. The van der Waals surface area contributed by atoms with E-state index in [-0.39, 0.29) is 24.6 Å². The smallest absolute Gasteiger partial charge is 0.319 e. The molecule has 0 radical (unpaired) electrons. The highest BCUT2D eigenvalue weighted by Gasteiger charge is 2.24. The molecule has 1 aliphatic rings. The number of anilines is 2. The molecule has 1 aromatic carbocycles. The third-order valence-corrected chi connectivity index (χ3v) is 4.43. The van der Waals surface area contributed by atoms with E-state index in [1.165, 1.54) is 0 Å². The lowest BCUT2D eigenvalue weighted by molar-refractivity contribution is -0.121. The van der Waals surface area contributed by atoms with Gasteiger partial charge in [0, 0.05) is 18.8 Å². The number of hydrogen-bond acceptors (Lipinski definition) is 5. The van der Waals surface area contributed by atoms with Gasteiger partial charge >= 0.3 is 6.03 Å². The summed E-state index contributed by atoms with van der Waals surface area (Å²) < 4.78 is 10.9. The number of carbonyl (C=O) groups is 2. The van der Waals surface area contributed by atoms with Gasteiger partial charge in [-0.15, -0.1) is 0 Å². The fourth-order valence-corrected chi connectivity index (χ4v) is 3.01. The van der Waals surface area contributed by atoms with Crippen LogP contribution in [0.5, 0.6) is 5.75 Å². The highest BCUT2D eigenvalue weighted by Crippen LogP contribution is 2.34. The zero-order valence-corrected chi connectivity index (χ0v) is 15.7. The lowest BCUT2D eigenvalue weighted by Crippen LogP contribution is -2.39. The molecule has 3 rings (SSSR count). The number of ether oxygens (including phenoxy) is 1. The van der Waals surface area contributed by atoms with Crippen molar-refractivity contribution in [2.75, 3.05) is 44.0 Å². The molecule has 0 saturated carbocycles. The summed E-state index contributed by atoms with van der Waals surface area (Å²) in [5.41, 5.74) is 1.25. The van der Waals surface area contributed by atoms with Crippen LogP contribution < -0.4 is 20.3 Å². The van der Waals surface area contributed by atoms with Crippen LogP contribution in [-0.2, 0) is 4.79 Å². The van der Waals surface area contributed by atoms with E-state index >= 15 is 0 Å². The molecule has 3 amide bonds. The third-order valence-electron chi connectivity index (χ3n) is 4.43. The van der Waals surface area contributed by atoms with Crippen molar-refractivity contribution in [1.82, 2.24) is 10.2 Å². The van der Waals surface area contributed by atoms with Gasteiger partial charge in [0.05, 0.1) is 18.0 Å². The maximum atomic E-state index is 12.3. The van der Waals surface area contributed by atoms with Gasteiger partial charge in [-0.1, -0.05) is 0 Å². The summed E-state index contributed by atoms with van der Waals surface area (Å²) in [6.45, 7) is 2.86. The second-order valence-electron chi connectivity index (χ2n) is 6.44. The number of amides is 3. The third kappa shape index (κ3) is 4.22. The Morgan fingerprint density at radius 3 is 2.81 bits per heavy atom. The topological polar surface area (TPSA) is 87.0 Å². The van der Waals surface area contributed by atoms with E-state index in [1.807, 2.05) is 38.1 Å². The van der Waals surface area contributed by atoms with Crippen LogP contribution in [0.1, 0.15) is 18.7 Å². The Kier molecular flexibility index (Phi) is 5.66. The predicted molar refractivity (Wildman–Crippen MR) is 102 cm³/mol. The number of nitrogens with one attached hydrogen (secondary N) is 2. The van der Waals surface area contributed by atoms with Gasteiger partial charge in [-0.3, -0.25) is 9.69 Å². The number of benzene rings is 1. The van der Waals surface area contributed by atoms with Gasteiger partial charge in [-0.2, -0.15) is 0 Å². The molecule has 2 aromatic rings. The van der Waals surface area contributed by atoms with Gasteiger partial charge in [0.15, 0.2) is 6.61 Å². The first-order chi connectivity index (χ1) is 13.0. The number of hydrogen-bond donors (Lipinski definition) is 2. The van der Waals surface area contributed by atoms with Crippen LogP contribution in [0, 0.1) is 0 Å². The Morgan fingerprint density at radius 1 is 1.33 bits per heavy atom. The molecule has 0 fully saturated rings. The van der Waals surface area contributed by atoms with Crippen molar-refractivity contribution in [3.63, 3.8) is 0 Å². The molecule has 8 nitrogen and oxygen atoms in total. The maximum Gasteiger partial charge on any atom is 0.319 e. The van der Waals surface area contributed by atoms with Crippen molar-refractivity contribution in [2.24, 2.45) is 0 Å². The van der Waals surface area contributed by atoms with E-state index in [4.69, 9.17) is 9.15 Å². The van der Waals surface area contributed by atoms with Gasteiger partial charge in [0.2, 0.25) is 0 Å². The lowest BCUT2D eigenvalue weighted by Gasteiger charge is -2.28. The highest BCUT2D eigenvalue weighted by atomic mass is 16.5. The first-order valence-electron chi connectivity index (χ1n) is 8.81. The van der Waals surface area contributed by atoms with Crippen molar-refractivity contribution < 1.29 is 18.7 Å². The van der Waals surface area contributed by atoms with Crippen LogP contribution in [0.4, 0.5) is 16.2 Å². The van der Waals surface area contributed by atoms with Crippen LogP contribution in [0.3, 0.4) is 0 Å². The van der Waals surface area contributed by atoms with Crippen LogP contribution >= 0.6 is 0 Å². The summed E-state index contributed by atoms with van der Waals surface area (Å²) in [5, 5.41) is 5.65. The molecular weight excluding hydrogens is 348 g/mol. The van der Waals surface area contributed by atoms with Crippen molar-refractivity contribution in [3.8, 4) is 5.75 Å². The monoisotopic (exact) mass is 372 g/mol. The normalized spacial score (nSPS) is 14.5. The van der Waals surface area contributed by atoms with Crippen molar-refractivity contribution >= 4 is 23.3 Å². The zero-order valence-electron chi connectivity index (χ0n) is 15.7. The number of urea groups is 1. The van der Waals surface area contributed by atoms with Crippen LogP contribution in [0.25, 0.3) is 0 Å². The van der Waals surface area contributed by atoms with Crippen molar-refractivity contribution in [1.29, 1.82) is 0 Å². The molecule has 2 N–H and O–H groups in total. The number of furan rings is 1. The number of fused-ring (bicyclic) bond motifs is 1. The minimum atomic E-state index is -0.334. The summed E-state index contributed by atoms with van der Waals surface area (Å²) in [7, 11) is 3.85. The van der Waals surface area contributed by atoms with Crippen LogP contribution in [-0.4, -0.2) is 50.6 Å². The van der Waals surface area contributed by atoms with Gasteiger partial charge in [0.1, 0.15) is 11.5 Å². The fraction of sp³-hybridized carbons (Fsp3) is 0.368. The van der Waals surface area contributed by atoms with E-state index < -0.39 is 0 Å². The molecule has 0 spiro atoms. The average molecular weight is 372 g/mol. The Bertz CT molecular complexity index is 804. The van der Waals surface area contributed by atoms with E-state index in [0.29, 0.717) is 30.2 Å². The summed E-state index contributed by atoms with van der Waals surface area (Å²) in [5.74, 6) is 1.31. The quantitative estimate of drug-likeness (QED) is 0.813. The predicted octanol–water partition coefficient (Wildman–Crippen LogP) is 2.45. The second kappa shape index (κ2) is 8.13. The SMILES string of the molecule is CCN1C(=O)COc2ccc(NC(=O)NCC(c3ccco3)N(C)C)cc21. The average Bonchev–Trinajstić information content (AvgIpc) is 3.15. The molecule has 2 heterocycles. The van der Waals surface area contributed by atoms with E-state index in [0.717, 1.165) is 5.76 Å². The Labute approximate surface area is 158 Å². The summed E-state index contributed by atoms with van der Waals surface area (Å²) >= 11 is 0. The number of likely N-dealkylation sites (N-methyl/N-ethyl adjacent to an activating group) is 2. The molecule has 144 valence electrons. The molecule has 0 saturated heterocycles. The Morgan fingerprint density at radius 2 is 2.15 bits per heavy atom. The zero-order chi connectivity index (χ0) is 19.4. The standard InChI is InChI=1S/C19H24N4O4/c1-4-23-14-10-13(7-8-17(14)27-12-18(23)24)21-19(25)20-11-15(22(2)3)16-6-5-9-26-16/h5-10,15H,4,11-12H2,1-3H3,(H2,20,21,25). The van der Waals surface area contributed by atoms with E-state index in [9.17, 15) is 9.59 Å². The second-order valence-corrected chi connectivity index (χ2v) is 6.44. The minimum absolute atomic E-state index is 0.0345. The summed E-state index contributed by atoms with van der Waals surface area (Å²) in [6.07, 6.45) is 1.61. The minimum Gasteiger partial charge on any atom is -0.482 e. The first-order valence-corrected chi connectivity index (χ1v) is 8.81. The van der Waals surface area contributed by atoms with E-state index in [1.54, 1.807) is 29.4 Å². The van der Waals surface area contributed by atoms with Crippen LogP contribution in [0.15, 0.2) is 41.0 Å². The molecule has 8 heteroatoms. The Balaban J connectivity index is 1.64. The number of nitrogens with zero attached hydrogens (tertiary/aromatic N) is 2. The summed E-state index contributed by atoms with van der Waals surface area (Å²) in [4.78, 5) is 27.9. The van der Waals surface area contributed by atoms with Crippen molar-refractivity contribution in [2.45, 2.75) is 13.0 Å². The molecule has 0 aliphatic carbocycles. The molecule has 27 heavy (non-hydrogen) atoms. The van der Waals surface area contributed by atoms with Gasteiger partial charge in [-0.05, 0) is 51.4 Å². The molecule has 1 aliphatic heterocycles. The summed E-state index contributed by atoms with van der Waals surface area (Å²) in [6, 6.07) is 8.54. The molecule has 1 aromatic heterocycles. The molecular formula is C19H24N4O4. The van der Waals surface area contributed by atoms with Gasteiger partial charge in [0.25, 0.3) is 5.91 Å². The molecule has 1 unspecified atom stereocenters. The Hall–Kier alpha value is -3.00. The molecule has 0 bridgehead atoms. The van der Waals surface area contributed by atoms with Crippen LogP contribution in [0.2, 0.25) is 0 Å². The largest absolute Gasteiger partial charge is 0.482 e. The molecule has 1 atom stereocenters. The first kappa shape index (κ1) is 18.8. The van der Waals surface area contributed by atoms with E-state index in [2.05, 4.69) is 10.6 Å².